The van der Waals surface area contributed by atoms with Crippen LogP contribution in [0.15, 0.2) is 42.0 Å². The molecule has 286 valence electrons. The maximum absolute atomic E-state index is 14.5. The molecule has 4 fully saturated rings. The Labute approximate surface area is 313 Å². The summed E-state index contributed by atoms with van der Waals surface area (Å²) in [5.74, 6) is 1.18. The summed E-state index contributed by atoms with van der Waals surface area (Å²) < 4.78 is 23.7. The highest BCUT2D eigenvalue weighted by atomic mass is 32.2. The number of benzene rings is 1. The molecular formula is C44H64N2O5S. The molecule has 3 saturated carbocycles. The van der Waals surface area contributed by atoms with Gasteiger partial charge in [-0.05, 0) is 139 Å². The molecule has 0 unspecified atom stereocenters. The van der Waals surface area contributed by atoms with Crippen LogP contribution in [0.1, 0.15) is 129 Å². The van der Waals surface area contributed by atoms with E-state index in [-0.39, 0.29) is 55.8 Å². The van der Waals surface area contributed by atoms with Crippen molar-refractivity contribution < 1.29 is 23.1 Å². The number of fused-ring (bicyclic) bond motifs is 7. The van der Waals surface area contributed by atoms with Crippen molar-refractivity contribution in [2.75, 3.05) is 37.7 Å². The van der Waals surface area contributed by atoms with E-state index in [1.807, 2.05) is 12.1 Å². The van der Waals surface area contributed by atoms with Crippen LogP contribution < -0.4 is 5.32 Å². The van der Waals surface area contributed by atoms with Crippen LogP contribution in [0, 0.1) is 50.2 Å². The normalized spacial score (nSPS) is 39.0. The topological polar surface area (TPSA) is 104 Å². The third-order valence-corrected chi connectivity index (χ3v) is 18.1. The summed E-state index contributed by atoms with van der Waals surface area (Å²) in [6.45, 7) is 20.1. The Morgan fingerprint density at radius 1 is 0.885 bits per heavy atom. The van der Waals surface area contributed by atoms with Crippen molar-refractivity contribution in [3.63, 3.8) is 0 Å². The maximum Gasteiger partial charge on any atom is 0.335 e. The van der Waals surface area contributed by atoms with E-state index in [0.717, 1.165) is 63.5 Å². The van der Waals surface area contributed by atoms with Gasteiger partial charge in [0.25, 0.3) is 0 Å². The monoisotopic (exact) mass is 732 g/mol. The van der Waals surface area contributed by atoms with Gasteiger partial charge in [0.15, 0.2) is 9.84 Å². The lowest BCUT2D eigenvalue weighted by atomic mass is 9.33. The zero-order valence-corrected chi connectivity index (χ0v) is 33.8. The predicted molar refractivity (Wildman–Crippen MR) is 209 cm³/mol. The van der Waals surface area contributed by atoms with Gasteiger partial charge >= 0.3 is 5.97 Å². The number of hydrogen-bond donors (Lipinski definition) is 2. The minimum Gasteiger partial charge on any atom is -0.478 e. The molecule has 7 nitrogen and oxygen atoms in total. The van der Waals surface area contributed by atoms with Gasteiger partial charge in [0.05, 0.1) is 22.5 Å². The number of hydrogen-bond acceptors (Lipinski definition) is 5. The van der Waals surface area contributed by atoms with Gasteiger partial charge in [0.2, 0.25) is 5.91 Å². The Morgan fingerprint density at radius 2 is 1.56 bits per heavy atom. The highest BCUT2D eigenvalue weighted by Gasteiger charge is 2.68. The number of carbonyl (C=O) groups excluding carboxylic acids is 1. The third kappa shape index (κ3) is 5.95. The van der Waals surface area contributed by atoms with Gasteiger partial charge in [0, 0.05) is 19.6 Å². The van der Waals surface area contributed by atoms with Crippen molar-refractivity contribution in [1.82, 2.24) is 10.2 Å². The van der Waals surface area contributed by atoms with E-state index in [2.05, 4.69) is 70.8 Å². The molecule has 7 rings (SSSR count). The quantitative estimate of drug-likeness (QED) is 0.216. The Bertz CT molecular complexity index is 1760. The molecule has 1 aromatic carbocycles. The second-order valence-corrected chi connectivity index (χ2v) is 22.2. The molecule has 0 bridgehead atoms. The predicted octanol–water partition coefficient (Wildman–Crippen LogP) is 8.42. The van der Waals surface area contributed by atoms with Crippen LogP contribution in [0.5, 0.6) is 0 Å². The summed E-state index contributed by atoms with van der Waals surface area (Å²) in [7, 11) is -2.89. The zero-order valence-electron chi connectivity index (χ0n) is 32.9. The number of aromatic carboxylic acids is 1. The molecule has 0 aromatic heterocycles. The van der Waals surface area contributed by atoms with Gasteiger partial charge in [-0.1, -0.05) is 78.3 Å². The molecule has 2 N–H and O–H groups in total. The standard InChI is InChI=1S/C44H64N2O5S/c1-39(2)19-21-44(38(49)45-23-8-24-46-25-27-52(50,51)28-26-46)22-20-42(6)33(34(44)29-39)13-14-36-41(5)17-15-32(30-9-11-31(12-10-30)37(47)48)40(3,4)35(41)16-18-43(36,42)7/h9-13,15,34-36H,8,14,16-29H2,1-7H3,(H,45,49)(H,47,48)/t34-,35-,36+,41-,42+,43+,44-/m0/s1. The summed E-state index contributed by atoms with van der Waals surface area (Å²) in [6.07, 6.45) is 15.5. The molecule has 1 amide bonds. The van der Waals surface area contributed by atoms with E-state index in [1.54, 1.807) is 17.7 Å². The number of rotatable bonds is 7. The van der Waals surface area contributed by atoms with Crippen molar-refractivity contribution in [3.05, 3.63) is 53.1 Å². The fourth-order valence-electron chi connectivity index (χ4n) is 13.2. The van der Waals surface area contributed by atoms with E-state index in [1.165, 1.54) is 18.4 Å². The van der Waals surface area contributed by atoms with E-state index < -0.39 is 15.8 Å². The van der Waals surface area contributed by atoms with Gasteiger partial charge in [-0.3, -0.25) is 4.79 Å². The highest BCUT2D eigenvalue weighted by molar-refractivity contribution is 7.91. The number of carbonyl (C=O) groups is 2. The first-order valence-electron chi connectivity index (χ1n) is 20.2. The Morgan fingerprint density at radius 3 is 2.23 bits per heavy atom. The lowest BCUT2D eigenvalue weighted by Gasteiger charge is -2.70. The van der Waals surface area contributed by atoms with Gasteiger partial charge in [0.1, 0.15) is 0 Å². The van der Waals surface area contributed by atoms with Crippen LogP contribution in [-0.2, 0) is 14.6 Å². The Balaban J connectivity index is 1.14. The van der Waals surface area contributed by atoms with E-state index >= 15 is 0 Å². The lowest BCUT2D eigenvalue weighted by molar-refractivity contribution is -0.167. The fourth-order valence-corrected chi connectivity index (χ4v) is 14.5. The van der Waals surface area contributed by atoms with Gasteiger partial charge in [-0.15, -0.1) is 0 Å². The first-order valence-corrected chi connectivity index (χ1v) is 22.1. The molecule has 7 atom stereocenters. The molecule has 1 heterocycles. The van der Waals surface area contributed by atoms with Crippen LogP contribution in [0.3, 0.4) is 0 Å². The van der Waals surface area contributed by atoms with Crippen molar-refractivity contribution >= 4 is 27.3 Å². The van der Waals surface area contributed by atoms with Crippen LogP contribution in [-0.4, -0.2) is 68.0 Å². The number of amides is 1. The van der Waals surface area contributed by atoms with Crippen molar-refractivity contribution in [3.8, 4) is 0 Å². The molecule has 8 heteroatoms. The average molecular weight is 733 g/mol. The molecule has 1 saturated heterocycles. The second kappa shape index (κ2) is 12.8. The Kier molecular flexibility index (Phi) is 9.33. The van der Waals surface area contributed by atoms with Crippen molar-refractivity contribution in [2.24, 2.45) is 50.2 Å². The summed E-state index contributed by atoms with van der Waals surface area (Å²) in [5.41, 5.74) is 4.54. The molecule has 0 spiro atoms. The van der Waals surface area contributed by atoms with Crippen molar-refractivity contribution in [2.45, 2.75) is 113 Å². The van der Waals surface area contributed by atoms with Gasteiger partial charge in [-0.2, -0.15) is 0 Å². The number of sulfone groups is 1. The SMILES string of the molecule is CC1(C)CC[C@]2(C(=O)NCCCN3CCS(=O)(=O)CC3)CC[C@]3(C)C(=CC[C@@H]4[C@@]5(C)CC=C(c6ccc(C(=O)O)cc6)C(C)(C)[C@@H]5CC[C@]43C)[C@@H]2C1. The van der Waals surface area contributed by atoms with Gasteiger partial charge in [-0.25, -0.2) is 13.2 Å². The molecule has 5 aliphatic carbocycles. The number of allylic oxidation sites excluding steroid dienone is 4. The molecule has 0 radical (unpaired) electrons. The van der Waals surface area contributed by atoms with E-state index in [4.69, 9.17) is 0 Å². The zero-order chi connectivity index (χ0) is 37.5. The molecule has 52 heavy (non-hydrogen) atoms. The number of nitrogens with zero attached hydrogens (tertiary/aromatic N) is 1. The summed E-state index contributed by atoms with van der Waals surface area (Å²) in [6, 6.07) is 7.50. The van der Waals surface area contributed by atoms with Crippen LogP contribution in [0.4, 0.5) is 0 Å². The van der Waals surface area contributed by atoms with Crippen LogP contribution in [0.2, 0.25) is 0 Å². The number of carboxylic acid groups (broad SMARTS) is 1. The second-order valence-electron chi connectivity index (χ2n) is 19.9. The largest absolute Gasteiger partial charge is 0.478 e. The van der Waals surface area contributed by atoms with Crippen LogP contribution >= 0.6 is 0 Å². The third-order valence-electron chi connectivity index (χ3n) is 16.5. The smallest absolute Gasteiger partial charge is 0.335 e. The average Bonchev–Trinajstić information content (AvgIpc) is 3.07. The molecule has 1 aromatic rings. The summed E-state index contributed by atoms with van der Waals surface area (Å²) >= 11 is 0. The number of carboxylic acids is 1. The Hall–Kier alpha value is -2.45. The van der Waals surface area contributed by atoms with E-state index in [9.17, 15) is 23.1 Å². The van der Waals surface area contributed by atoms with Crippen LogP contribution in [0.25, 0.3) is 5.57 Å². The first kappa shape index (κ1) is 37.8. The van der Waals surface area contributed by atoms with E-state index in [0.29, 0.717) is 37.0 Å². The molecule has 1 aliphatic heterocycles. The maximum atomic E-state index is 14.5. The molecular weight excluding hydrogens is 669 g/mol. The summed E-state index contributed by atoms with van der Waals surface area (Å²) in [4.78, 5) is 28.3. The highest BCUT2D eigenvalue weighted by Crippen LogP contribution is 2.76. The number of nitrogens with one attached hydrogen (secondary N) is 1. The minimum absolute atomic E-state index is 0.0388. The fraction of sp³-hybridized carbons (Fsp3) is 0.727. The van der Waals surface area contributed by atoms with Crippen molar-refractivity contribution in [1.29, 1.82) is 0 Å². The minimum atomic E-state index is -2.89. The first-order chi connectivity index (χ1) is 24.3. The summed E-state index contributed by atoms with van der Waals surface area (Å²) in [5, 5.41) is 12.9. The lowest BCUT2D eigenvalue weighted by Crippen LogP contribution is -2.64. The van der Waals surface area contributed by atoms with Gasteiger partial charge < -0.3 is 15.3 Å². The molecule has 6 aliphatic rings.